The van der Waals surface area contributed by atoms with Crippen molar-refractivity contribution in [2.75, 3.05) is 10.2 Å². The molecule has 3 aromatic carbocycles. The Hall–Kier alpha value is -3.93. The molecule has 0 saturated carbocycles. The summed E-state index contributed by atoms with van der Waals surface area (Å²) >= 11 is 0. The molecule has 5 nitrogen and oxygen atoms in total. The number of nitrogens with zero attached hydrogens (tertiary/aromatic N) is 1. The first kappa shape index (κ1) is 22.3. The van der Waals surface area contributed by atoms with Crippen LogP contribution in [0.3, 0.4) is 0 Å². The third-order valence-electron chi connectivity index (χ3n) is 5.32. The third-order valence-corrected chi connectivity index (χ3v) is 5.32. The van der Waals surface area contributed by atoms with Crippen LogP contribution in [0.4, 0.5) is 15.8 Å². The zero-order valence-electron chi connectivity index (χ0n) is 18.8. The molecule has 1 heterocycles. The van der Waals surface area contributed by atoms with Gasteiger partial charge in [0.2, 0.25) is 0 Å². The largest absolute Gasteiger partial charge is 0.491 e. The molecular formula is C27H25FN2O3. The number of imide groups is 1. The SMILES string of the molecule is CCc1ccc(NC2=C(c3ccc(OC(C)C)cc3)C(=O)N(c3ccccc3F)C2=O)cc1. The van der Waals surface area contributed by atoms with E-state index < -0.39 is 17.6 Å². The van der Waals surface area contributed by atoms with Crippen LogP contribution in [0.1, 0.15) is 31.9 Å². The van der Waals surface area contributed by atoms with E-state index in [-0.39, 0.29) is 23.1 Å². The molecule has 6 heteroatoms. The van der Waals surface area contributed by atoms with Gasteiger partial charge in [-0.3, -0.25) is 9.59 Å². The van der Waals surface area contributed by atoms with Gasteiger partial charge in [0.1, 0.15) is 17.3 Å². The van der Waals surface area contributed by atoms with E-state index in [1.165, 1.54) is 18.2 Å². The van der Waals surface area contributed by atoms with E-state index in [9.17, 15) is 14.0 Å². The summed E-state index contributed by atoms with van der Waals surface area (Å²) in [7, 11) is 0. The smallest absolute Gasteiger partial charge is 0.282 e. The highest BCUT2D eigenvalue weighted by Gasteiger charge is 2.41. The quantitative estimate of drug-likeness (QED) is 0.484. The molecule has 2 amide bonds. The minimum atomic E-state index is -0.646. The minimum Gasteiger partial charge on any atom is -0.491 e. The normalized spacial score (nSPS) is 13.8. The summed E-state index contributed by atoms with van der Waals surface area (Å²) in [5, 5.41) is 3.10. The maximum Gasteiger partial charge on any atom is 0.282 e. The Morgan fingerprint density at radius 3 is 2.18 bits per heavy atom. The zero-order valence-corrected chi connectivity index (χ0v) is 18.8. The van der Waals surface area contributed by atoms with Crippen molar-refractivity contribution in [3.8, 4) is 5.75 Å². The maximum atomic E-state index is 14.5. The summed E-state index contributed by atoms with van der Waals surface area (Å²) in [4.78, 5) is 27.7. The maximum absolute atomic E-state index is 14.5. The fourth-order valence-corrected chi connectivity index (χ4v) is 3.71. The number of halogens is 1. The second kappa shape index (κ2) is 9.28. The van der Waals surface area contributed by atoms with Crippen molar-refractivity contribution in [3.05, 3.63) is 95.4 Å². The molecule has 3 aromatic rings. The Kier molecular flexibility index (Phi) is 6.27. The third kappa shape index (κ3) is 4.51. The number of carbonyl (C=O) groups excluding carboxylic acids is 2. The molecule has 4 rings (SSSR count). The number of anilines is 2. The molecule has 168 valence electrons. The van der Waals surface area contributed by atoms with Gasteiger partial charge in [-0.2, -0.15) is 0 Å². The molecule has 0 aromatic heterocycles. The van der Waals surface area contributed by atoms with Gasteiger partial charge in [0, 0.05) is 5.69 Å². The van der Waals surface area contributed by atoms with E-state index in [1.54, 1.807) is 30.3 Å². The highest BCUT2D eigenvalue weighted by molar-refractivity contribution is 6.46. The number of rotatable bonds is 7. The lowest BCUT2D eigenvalue weighted by atomic mass is 10.0. The summed E-state index contributed by atoms with van der Waals surface area (Å²) < 4.78 is 20.2. The van der Waals surface area contributed by atoms with Crippen molar-refractivity contribution in [1.29, 1.82) is 0 Å². The zero-order chi connectivity index (χ0) is 23.5. The van der Waals surface area contributed by atoms with Crippen molar-refractivity contribution < 1.29 is 18.7 Å². The minimum absolute atomic E-state index is 0.00428. The lowest BCUT2D eigenvalue weighted by molar-refractivity contribution is -0.120. The first-order valence-corrected chi connectivity index (χ1v) is 10.9. The second-order valence-corrected chi connectivity index (χ2v) is 8.01. The summed E-state index contributed by atoms with van der Waals surface area (Å²) in [6, 6.07) is 20.3. The first-order valence-electron chi connectivity index (χ1n) is 10.9. The van der Waals surface area contributed by atoms with Crippen molar-refractivity contribution in [1.82, 2.24) is 0 Å². The van der Waals surface area contributed by atoms with Crippen molar-refractivity contribution in [2.24, 2.45) is 0 Å². The van der Waals surface area contributed by atoms with Crippen LogP contribution in [0.2, 0.25) is 0 Å². The molecular weight excluding hydrogens is 419 g/mol. The van der Waals surface area contributed by atoms with Crippen LogP contribution in [0.15, 0.2) is 78.5 Å². The number of benzene rings is 3. The molecule has 0 spiro atoms. The van der Waals surface area contributed by atoms with Crippen LogP contribution in [0, 0.1) is 5.82 Å². The molecule has 0 unspecified atom stereocenters. The molecule has 0 saturated heterocycles. The molecule has 1 N–H and O–H groups in total. The Bertz CT molecular complexity index is 1210. The molecule has 0 fully saturated rings. The van der Waals surface area contributed by atoms with Crippen LogP contribution < -0.4 is 15.0 Å². The van der Waals surface area contributed by atoms with Gasteiger partial charge < -0.3 is 10.1 Å². The van der Waals surface area contributed by atoms with Gasteiger partial charge in [-0.25, -0.2) is 9.29 Å². The Labute approximate surface area is 192 Å². The van der Waals surface area contributed by atoms with Gasteiger partial charge in [0.15, 0.2) is 0 Å². The molecule has 0 aliphatic carbocycles. The lowest BCUT2D eigenvalue weighted by Gasteiger charge is -2.16. The Morgan fingerprint density at radius 2 is 1.58 bits per heavy atom. The molecule has 0 bridgehead atoms. The molecule has 0 radical (unpaired) electrons. The predicted molar refractivity (Wildman–Crippen MR) is 127 cm³/mol. The number of hydrogen-bond donors (Lipinski definition) is 1. The standard InChI is InChI=1S/C27H25FN2O3/c1-4-18-9-13-20(14-10-18)29-25-24(19-11-15-21(16-12-19)33-17(2)3)26(31)30(27(25)32)23-8-6-5-7-22(23)28/h5-17,29H,4H2,1-3H3. The van der Waals surface area contributed by atoms with E-state index in [0.717, 1.165) is 16.9 Å². The number of amides is 2. The number of para-hydroxylation sites is 1. The average molecular weight is 445 g/mol. The summed E-state index contributed by atoms with van der Waals surface area (Å²) in [5.41, 5.74) is 2.55. The Morgan fingerprint density at radius 1 is 0.909 bits per heavy atom. The Balaban J connectivity index is 1.77. The second-order valence-electron chi connectivity index (χ2n) is 8.01. The topological polar surface area (TPSA) is 58.6 Å². The van der Waals surface area contributed by atoms with Crippen LogP contribution in [0.5, 0.6) is 5.75 Å². The van der Waals surface area contributed by atoms with Crippen LogP contribution in [-0.2, 0) is 16.0 Å². The van der Waals surface area contributed by atoms with Gasteiger partial charge in [-0.05, 0) is 67.8 Å². The molecule has 0 atom stereocenters. The average Bonchev–Trinajstić information content (AvgIpc) is 3.04. The lowest BCUT2D eigenvalue weighted by Crippen LogP contribution is -2.33. The van der Waals surface area contributed by atoms with Gasteiger partial charge in [-0.1, -0.05) is 43.3 Å². The van der Waals surface area contributed by atoms with E-state index in [1.807, 2.05) is 38.1 Å². The number of ether oxygens (including phenoxy) is 1. The van der Waals surface area contributed by atoms with E-state index in [4.69, 9.17) is 4.74 Å². The number of carbonyl (C=O) groups is 2. The van der Waals surface area contributed by atoms with Crippen molar-refractivity contribution in [2.45, 2.75) is 33.3 Å². The monoisotopic (exact) mass is 444 g/mol. The number of aryl methyl sites for hydroxylation is 1. The van der Waals surface area contributed by atoms with Crippen LogP contribution in [-0.4, -0.2) is 17.9 Å². The van der Waals surface area contributed by atoms with Gasteiger partial charge in [0.25, 0.3) is 11.8 Å². The molecule has 1 aliphatic heterocycles. The van der Waals surface area contributed by atoms with Gasteiger partial charge >= 0.3 is 0 Å². The van der Waals surface area contributed by atoms with Gasteiger partial charge in [0.05, 0.1) is 17.4 Å². The molecule has 1 aliphatic rings. The van der Waals surface area contributed by atoms with Crippen molar-refractivity contribution in [3.63, 3.8) is 0 Å². The first-order chi connectivity index (χ1) is 15.9. The van der Waals surface area contributed by atoms with Crippen LogP contribution in [0.25, 0.3) is 5.57 Å². The fraction of sp³-hybridized carbons (Fsp3) is 0.185. The summed E-state index contributed by atoms with van der Waals surface area (Å²) in [6.07, 6.45) is 0.891. The predicted octanol–water partition coefficient (Wildman–Crippen LogP) is 5.57. The number of hydrogen-bond acceptors (Lipinski definition) is 4. The van der Waals surface area contributed by atoms with E-state index in [2.05, 4.69) is 12.2 Å². The number of nitrogens with one attached hydrogen (secondary N) is 1. The fourth-order valence-electron chi connectivity index (χ4n) is 3.71. The molecule has 33 heavy (non-hydrogen) atoms. The van der Waals surface area contributed by atoms with Gasteiger partial charge in [-0.15, -0.1) is 0 Å². The van der Waals surface area contributed by atoms with Crippen LogP contribution >= 0.6 is 0 Å². The van der Waals surface area contributed by atoms with E-state index >= 15 is 0 Å². The summed E-state index contributed by atoms with van der Waals surface area (Å²) in [5.74, 6) is -1.19. The van der Waals surface area contributed by atoms with E-state index in [0.29, 0.717) is 17.0 Å². The highest BCUT2D eigenvalue weighted by Crippen LogP contribution is 2.35. The highest BCUT2D eigenvalue weighted by atomic mass is 19.1. The van der Waals surface area contributed by atoms with Crippen molar-refractivity contribution >= 4 is 28.8 Å². The summed E-state index contributed by atoms with van der Waals surface area (Å²) in [6.45, 7) is 5.91.